The lowest BCUT2D eigenvalue weighted by Crippen LogP contribution is -2.40. The molecule has 17 heavy (non-hydrogen) atoms. The Kier molecular flexibility index (Phi) is 4.97. The van der Waals surface area contributed by atoms with Crippen LogP contribution in [-0.4, -0.2) is 79.9 Å². The molecule has 1 N–H and O–H groups in total. The average Bonchev–Trinajstić information content (AvgIpc) is 2.30. The minimum atomic E-state index is -3.09. The maximum Gasteiger partial charge on any atom is 0.227 e. The highest BCUT2D eigenvalue weighted by atomic mass is 31.2. The van der Waals surface area contributed by atoms with Gasteiger partial charge in [-0.3, -0.25) is 14.4 Å². The minimum Gasteiger partial charge on any atom is -0.379 e. The van der Waals surface area contributed by atoms with Crippen molar-refractivity contribution in [2.75, 3.05) is 65.2 Å². The van der Waals surface area contributed by atoms with Gasteiger partial charge in [0.15, 0.2) is 0 Å². The first-order valence-corrected chi connectivity index (χ1v) is 8.10. The van der Waals surface area contributed by atoms with Gasteiger partial charge < -0.3 is 14.4 Å². The fraction of sp³-hybridized carbons (Fsp3) is 1.00. The highest BCUT2D eigenvalue weighted by Gasteiger charge is 2.27. The molecule has 2 saturated heterocycles. The summed E-state index contributed by atoms with van der Waals surface area (Å²) >= 11 is 0. The summed E-state index contributed by atoms with van der Waals surface area (Å²) in [7, 11) is -3.09. The molecule has 0 aliphatic carbocycles. The van der Waals surface area contributed by atoms with Gasteiger partial charge in [-0.2, -0.15) is 0 Å². The smallest absolute Gasteiger partial charge is 0.227 e. The quantitative estimate of drug-likeness (QED) is 0.712. The average molecular weight is 264 g/mol. The Hall–Kier alpha value is 0.0300. The zero-order chi connectivity index (χ0) is 12.1. The van der Waals surface area contributed by atoms with Gasteiger partial charge in [-0.25, -0.2) is 0 Å². The molecule has 7 heteroatoms. The molecule has 0 aromatic carbocycles. The van der Waals surface area contributed by atoms with Crippen molar-refractivity contribution in [3.63, 3.8) is 0 Å². The van der Waals surface area contributed by atoms with Gasteiger partial charge in [-0.05, 0) is 0 Å². The summed E-state index contributed by atoms with van der Waals surface area (Å²) < 4.78 is 22.6. The maximum absolute atomic E-state index is 12.1. The molecule has 2 aliphatic heterocycles. The molecule has 0 bridgehead atoms. The van der Waals surface area contributed by atoms with Crippen molar-refractivity contribution >= 4 is 7.37 Å². The molecule has 0 atom stereocenters. The number of hydrogen-bond donors (Lipinski definition) is 1. The zero-order valence-corrected chi connectivity index (χ0v) is 11.0. The molecular formula is C10H21N2O4P. The molecule has 0 spiro atoms. The minimum absolute atomic E-state index is 0.285. The first-order chi connectivity index (χ1) is 8.16. The van der Waals surface area contributed by atoms with Crippen LogP contribution < -0.4 is 0 Å². The SMILES string of the molecule is O=P(O)(CN1CCOCC1)CN1CCOCC1. The second-order valence-corrected chi connectivity index (χ2v) is 6.85. The summed E-state index contributed by atoms with van der Waals surface area (Å²) in [5.74, 6) is 0. The highest BCUT2D eigenvalue weighted by molar-refractivity contribution is 7.57. The largest absolute Gasteiger partial charge is 0.379 e. The fourth-order valence-electron chi connectivity index (χ4n) is 2.15. The Morgan fingerprint density at radius 1 is 0.882 bits per heavy atom. The van der Waals surface area contributed by atoms with Gasteiger partial charge in [0.25, 0.3) is 0 Å². The summed E-state index contributed by atoms with van der Waals surface area (Å²) in [5.41, 5.74) is 0. The second-order valence-electron chi connectivity index (χ2n) is 4.59. The predicted molar refractivity (Wildman–Crippen MR) is 64.3 cm³/mol. The molecule has 0 aromatic heterocycles. The Bertz CT molecular complexity index is 253. The number of rotatable bonds is 4. The van der Waals surface area contributed by atoms with Crippen molar-refractivity contribution in [1.82, 2.24) is 9.80 Å². The molecule has 0 radical (unpaired) electrons. The van der Waals surface area contributed by atoms with Crippen molar-refractivity contribution in [3.05, 3.63) is 0 Å². The van der Waals surface area contributed by atoms with Gasteiger partial charge in [0, 0.05) is 26.2 Å². The van der Waals surface area contributed by atoms with Crippen LogP contribution in [0.2, 0.25) is 0 Å². The lowest BCUT2D eigenvalue weighted by molar-refractivity contribution is 0.0404. The first-order valence-electron chi connectivity index (χ1n) is 6.07. The topological polar surface area (TPSA) is 62.2 Å². The van der Waals surface area contributed by atoms with Crippen LogP contribution in [0.5, 0.6) is 0 Å². The van der Waals surface area contributed by atoms with Crippen molar-refractivity contribution < 1.29 is 18.9 Å². The molecule has 0 amide bonds. The van der Waals surface area contributed by atoms with Gasteiger partial charge >= 0.3 is 0 Å². The second kappa shape index (κ2) is 6.27. The Morgan fingerprint density at radius 2 is 1.24 bits per heavy atom. The lowest BCUT2D eigenvalue weighted by atomic mass is 10.5. The van der Waals surface area contributed by atoms with Gasteiger partial charge in [0.2, 0.25) is 7.37 Å². The van der Waals surface area contributed by atoms with Crippen molar-refractivity contribution in [1.29, 1.82) is 0 Å². The molecule has 2 rings (SSSR count). The molecule has 6 nitrogen and oxygen atoms in total. The molecule has 0 saturated carbocycles. The third-order valence-corrected chi connectivity index (χ3v) is 4.73. The van der Waals surface area contributed by atoms with Gasteiger partial charge in [0.05, 0.1) is 39.0 Å². The predicted octanol–water partition coefficient (Wildman–Crippen LogP) is -0.164. The van der Waals surface area contributed by atoms with Crippen LogP contribution in [0.4, 0.5) is 0 Å². The molecule has 100 valence electrons. The normalized spacial score (nSPS) is 25.0. The third kappa shape index (κ3) is 4.66. The monoisotopic (exact) mass is 264 g/mol. The van der Waals surface area contributed by atoms with Gasteiger partial charge in [0.1, 0.15) is 0 Å². The fourth-order valence-corrected chi connectivity index (χ4v) is 4.06. The van der Waals surface area contributed by atoms with Crippen molar-refractivity contribution in [3.8, 4) is 0 Å². The van der Waals surface area contributed by atoms with E-state index in [2.05, 4.69) is 0 Å². The lowest BCUT2D eigenvalue weighted by Gasteiger charge is -2.32. The molecule has 2 heterocycles. The Labute approximate surface area is 102 Å². The van der Waals surface area contributed by atoms with E-state index in [-0.39, 0.29) is 12.6 Å². The maximum atomic E-state index is 12.1. The summed E-state index contributed by atoms with van der Waals surface area (Å²) in [6.45, 7) is 5.69. The first kappa shape index (κ1) is 13.5. The number of nitrogens with zero attached hydrogens (tertiary/aromatic N) is 2. The van der Waals surface area contributed by atoms with Crippen molar-refractivity contribution in [2.45, 2.75) is 0 Å². The van der Waals surface area contributed by atoms with Crippen LogP contribution in [0.1, 0.15) is 0 Å². The number of ether oxygens (including phenoxy) is 2. The molecule has 2 aliphatic rings. The van der Waals surface area contributed by atoms with E-state index < -0.39 is 7.37 Å². The Balaban J connectivity index is 1.78. The van der Waals surface area contributed by atoms with Crippen LogP contribution in [0, 0.1) is 0 Å². The number of hydrogen-bond acceptors (Lipinski definition) is 5. The number of morpholine rings is 2. The molecule has 2 fully saturated rings. The summed E-state index contributed by atoms with van der Waals surface area (Å²) in [6, 6.07) is 0. The van der Waals surface area contributed by atoms with Crippen LogP contribution in [0.3, 0.4) is 0 Å². The van der Waals surface area contributed by atoms with E-state index in [1.807, 2.05) is 9.80 Å². The van der Waals surface area contributed by atoms with Crippen LogP contribution in [-0.2, 0) is 14.0 Å². The standard InChI is InChI=1S/C10H21N2O4P/c13-17(14,9-11-1-5-15-6-2-11)10-12-3-7-16-8-4-12/h1-10H2,(H,13,14). The van der Waals surface area contributed by atoms with Gasteiger partial charge in [-0.1, -0.05) is 0 Å². The van der Waals surface area contributed by atoms with E-state index in [0.717, 1.165) is 26.2 Å². The summed E-state index contributed by atoms with van der Waals surface area (Å²) in [6.07, 6.45) is 0.571. The van der Waals surface area contributed by atoms with E-state index >= 15 is 0 Å². The molecule has 0 unspecified atom stereocenters. The third-order valence-electron chi connectivity index (χ3n) is 3.05. The van der Waals surface area contributed by atoms with E-state index in [1.54, 1.807) is 0 Å². The van der Waals surface area contributed by atoms with E-state index in [9.17, 15) is 9.46 Å². The Morgan fingerprint density at radius 3 is 1.59 bits per heavy atom. The molecular weight excluding hydrogens is 243 g/mol. The van der Waals surface area contributed by atoms with E-state index in [0.29, 0.717) is 26.4 Å². The van der Waals surface area contributed by atoms with E-state index in [4.69, 9.17) is 9.47 Å². The van der Waals surface area contributed by atoms with E-state index in [1.165, 1.54) is 0 Å². The van der Waals surface area contributed by atoms with Crippen LogP contribution in [0.25, 0.3) is 0 Å². The van der Waals surface area contributed by atoms with Crippen LogP contribution in [0.15, 0.2) is 0 Å². The van der Waals surface area contributed by atoms with Gasteiger partial charge in [-0.15, -0.1) is 0 Å². The van der Waals surface area contributed by atoms with Crippen LogP contribution >= 0.6 is 7.37 Å². The summed E-state index contributed by atoms with van der Waals surface area (Å²) in [4.78, 5) is 14.0. The summed E-state index contributed by atoms with van der Waals surface area (Å²) in [5, 5.41) is 0. The van der Waals surface area contributed by atoms with Crippen molar-refractivity contribution in [2.24, 2.45) is 0 Å². The highest BCUT2D eigenvalue weighted by Crippen LogP contribution is 2.41. The molecule has 0 aromatic rings. The zero-order valence-electron chi connectivity index (χ0n) is 10.1.